The molecule has 0 unspecified atom stereocenters. The lowest BCUT2D eigenvalue weighted by Crippen LogP contribution is -2.14. The van der Waals surface area contributed by atoms with E-state index in [4.69, 9.17) is 5.73 Å². The summed E-state index contributed by atoms with van der Waals surface area (Å²) < 4.78 is 39.5. The van der Waals surface area contributed by atoms with Crippen LogP contribution in [0.4, 0.5) is 15.8 Å². The number of nitrogens with zero attached hydrogens (tertiary/aromatic N) is 1. The average Bonchev–Trinajstić information content (AvgIpc) is 2.31. The number of halogens is 2. The van der Waals surface area contributed by atoms with Gasteiger partial charge in [-0.15, -0.1) is 0 Å². The van der Waals surface area contributed by atoms with Gasteiger partial charge in [0.2, 0.25) is 5.95 Å². The maximum absolute atomic E-state index is 12.6. The van der Waals surface area contributed by atoms with Crippen molar-refractivity contribution < 1.29 is 12.8 Å². The molecule has 0 spiro atoms. The van der Waals surface area contributed by atoms with E-state index in [0.717, 1.165) is 12.3 Å². The van der Waals surface area contributed by atoms with E-state index in [1.165, 1.54) is 24.3 Å². The van der Waals surface area contributed by atoms with Gasteiger partial charge in [-0.25, -0.2) is 13.4 Å². The van der Waals surface area contributed by atoms with E-state index < -0.39 is 16.0 Å². The Labute approximate surface area is 117 Å². The molecule has 5 nitrogen and oxygen atoms in total. The Morgan fingerprint density at radius 2 is 2.00 bits per heavy atom. The minimum Gasteiger partial charge on any atom is -0.399 e. The summed E-state index contributed by atoms with van der Waals surface area (Å²) in [6, 6.07) is 6.68. The van der Waals surface area contributed by atoms with Crippen molar-refractivity contribution in [3.8, 4) is 0 Å². The fraction of sp³-hybridized carbons (Fsp3) is 0. The normalized spacial score (nSPS) is 11.3. The molecule has 2 rings (SSSR count). The van der Waals surface area contributed by atoms with Gasteiger partial charge in [-0.1, -0.05) is 0 Å². The highest BCUT2D eigenvalue weighted by molar-refractivity contribution is 9.10. The molecule has 0 aliphatic rings. The molecule has 0 saturated carbocycles. The number of pyridine rings is 1. The molecule has 100 valence electrons. The summed E-state index contributed by atoms with van der Waals surface area (Å²) in [5.41, 5.74) is 6.15. The van der Waals surface area contributed by atoms with Crippen LogP contribution in [0, 0.1) is 5.95 Å². The van der Waals surface area contributed by atoms with Crippen molar-refractivity contribution in [1.82, 2.24) is 4.98 Å². The van der Waals surface area contributed by atoms with Gasteiger partial charge in [0.1, 0.15) is 4.90 Å². The quantitative estimate of drug-likeness (QED) is 0.660. The zero-order chi connectivity index (χ0) is 14.0. The number of nitrogens with one attached hydrogen (secondary N) is 1. The molecule has 0 bridgehead atoms. The van der Waals surface area contributed by atoms with Gasteiger partial charge < -0.3 is 5.73 Å². The molecule has 0 fully saturated rings. The van der Waals surface area contributed by atoms with Crippen LogP contribution < -0.4 is 10.5 Å². The van der Waals surface area contributed by atoms with E-state index in [0.29, 0.717) is 10.2 Å². The van der Waals surface area contributed by atoms with E-state index in [9.17, 15) is 12.8 Å². The highest BCUT2D eigenvalue weighted by atomic mass is 79.9. The molecule has 0 saturated heterocycles. The summed E-state index contributed by atoms with van der Waals surface area (Å²) in [6.07, 6.45) is 1.10. The van der Waals surface area contributed by atoms with Crippen LogP contribution >= 0.6 is 15.9 Å². The second-order valence-electron chi connectivity index (χ2n) is 3.66. The van der Waals surface area contributed by atoms with Crippen molar-refractivity contribution in [3.05, 3.63) is 46.9 Å². The molecule has 2 aromatic rings. The van der Waals surface area contributed by atoms with E-state index in [2.05, 4.69) is 25.6 Å². The zero-order valence-corrected chi connectivity index (χ0v) is 11.9. The molecule has 1 aromatic carbocycles. The number of sulfonamides is 1. The number of benzene rings is 1. The van der Waals surface area contributed by atoms with Gasteiger partial charge in [-0.2, -0.15) is 4.39 Å². The van der Waals surface area contributed by atoms with Crippen LogP contribution in [0.5, 0.6) is 0 Å². The van der Waals surface area contributed by atoms with Crippen LogP contribution in [-0.4, -0.2) is 13.4 Å². The fourth-order valence-electron chi connectivity index (χ4n) is 1.38. The number of aromatic nitrogens is 1. The molecule has 8 heteroatoms. The smallest absolute Gasteiger partial charge is 0.263 e. The minimum absolute atomic E-state index is 0.0334. The Balaban J connectivity index is 2.35. The van der Waals surface area contributed by atoms with E-state index in [1.54, 1.807) is 0 Å². The number of anilines is 2. The van der Waals surface area contributed by atoms with Gasteiger partial charge >= 0.3 is 0 Å². The second kappa shape index (κ2) is 5.14. The lowest BCUT2D eigenvalue weighted by atomic mass is 10.3. The standard InChI is InChI=1S/C11H9BrFN3O2S/c12-9-5-7(14)1-3-10(9)19(17,18)16-8-2-4-11(13)15-6-8/h1-6,16H,14H2. The molecule has 0 atom stereocenters. The van der Waals surface area contributed by atoms with E-state index >= 15 is 0 Å². The third-order valence-corrected chi connectivity index (χ3v) is 4.58. The Kier molecular flexibility index (Phi) is 3.72. The largest absolute Gasteiger partial charge is 0.399 e. The molecule has 0 radical (unpaired) electrons. The summed E-state index contributed by atoms with van der Waals surface area (Å²) in [7, 11) is -3.79. The summed E-state index contributed by atoms with van der Waals surface area (Å²) in [5.74, 6) is -0.684. The van der Waals surface area contributed by atoms with Gasteiger partial charge in [0, 0.05) is 10.2 Å². The highest BCUT2D eigenvalue weighted by Gasteiger charge is 2.17. The van der Waals surface area contributed by atoms with E-state index in [-0.39, 0.29) is 10.6 Å². The van der Waals surface area contributed by atoms with Crippen molar-refractivity contribution in [2.45, 2.75) is 4.90 Å². The van der Waals surface area contributed by atoms with Crippen LogP contribution in [-0.2, 0) is 10.0 Å². The molecular formula is C11H9BrFN3O2S. The van der Waals surface area contributed by atoms with Gasteiger partial charge in [0.25, 0.3) is 10.0 Å². The molecular weight excluding hydrogens is 337 g/mol. The Bertz CT molecular complexity index is 704. The summed E-state index contributed by atoms with van der Waals surface area (Å²) in [6.45, 7) is 0. The fourth-order valence-corrected chi connectivity index (χ4v) is 3.52. The number of hydrogen-bond acceptors (Lipinski definition) is 4. The molecule has 0 aliphatic carbocycles. The monoisotopic (exact) mass is 345 g/mol. The molecule has 1 heterocycles. The van der Waals surface area contributed by atoms with Gasteiger partial charge in [-0.05, 0) is 46.3 Å². The lowest BCUT2D eigenvalue weighted by molar-refractivity contribution is 0.583. The zero-order valence-electron chi connectivity index (χ0n) is 9.47. The molecule has 3 N–H and O–H groups in total. The first kappa shape index (κ1) is 13.8. The topological polar surface area (TPSA) is 85.1 Å². The van der Waals surface area contributed by atoms with Crippen molar-refractivity contribution >= 4 is 37.3 Å². The predicted octanol–water partition coefficient (Wildman–Crippen LogP) is 2.37. The van der Waals surface area contributed by atoms with Crippen molar-refractivity contribution in [2.24, 2.45) is 0 Å². The third-order valence-electron chi connectivity index (χ3n) is 2.23. The van der Waals surface area contributed by atoms with Gasteiger partial charge in [0.15, 0.2) is 0 Å². The molecule has 19 heavy (non-hydrogen) atoms. The first-order valence-corrected chi connectivity index (χ1v) is 7.35. The summed E-state index contributed by atoms with van der Waals surface area (Å²) in [5, 5.41) is 0. The molecule has 0 amide bonds. The van der Waals surface area contributed by atoms with Gasteiger partial charge in [-0.3, -0.25) is 4.72 Å². The van der Waals surface area contributed by atoms with E-state index in [1.807, 2.05) is 0 Å². The molecule has 0 aliphatic heterocycles. The van der Waals surface area contributed by atoms with Crippen LogP contribution in [0.1, 0.15) is 0 Å². The van der Waals surface area contributed by atoms with Crippen LogP contribution in [0.2, 0.25) is 0 Å². The second-order valence-corrected chi connectivity index (χ2v) is 6.17. The van der Waals surface area contributed by atoms with Crippen LogP contribution in [0.15, 0.2) is 45.9 Å². The Morgan fingerprint density at radius 3 is 2.58 bits per heavy atom. The predicted molar refractivity (Wildman–Crippen MR) is 73.6 cm³/mol. The molecule has 1 aromatic heterocycles. The summed E-state index contributed by atoms with van der Waals surface area (Å²) >= 11 is 3.13. The number of rotatable bonds is 3. The maximum atomic E-state index is 12.6. The number of nitrogens with two attached hydrogens (primary N) is 1. The Morgan fingerprint density at radius 1 is 1.26 bits per heavy atom. The first-order chi connectivity index (χ1) is 8.88. The lowest BCUT2D eigenvalue weighted by Gasteiger charge is -2.09. The average molecular weight is 346 g/mol. The van der Waals surface area contributed by atoms with Crippen molar-refractivity contribution in [1.29, 1.82) is 0 Å². The Hall–Kier alpha value is -1.67. The van der Waals surface area contributed by atoms with Gasteiger partial charge in [0.05, 0.1) is 11.9 Å². The maximum Gasteiger partial charge on any atom is 0.263 e. The highest BCUT2D eigenvalue weighted by Crippen LogP contribution is 2.25. The number of nitrogen functional groups attached to an aromatic ring is 1. The first-order valence-electron chi connectivity index (χ1n) is 5.08. The minimum atomic E-state index is -3.79. The third kappa shape index (κ3) is 3.21. The van der Waals surface area contributed by atoms with Crippen LogP contribution in [0.3, 0.4) is 0 Å². The SMILES string of the molecule is Nc1ccc(S(=O)(=O)Nc2ccc(F)nc2)c(Br)c1. The summed E-state index contributed by atoms with van der Waals surface area (Å²) in [4.78, 5) is 3.40. The number of hydrogen-bond donors (Lipinski definition) is 2. The van der Waals surface area contributed by atoms with Crippen LogP contribution in [0.25, 0.3) is 0 Å². The van der Waals surface area contributed by atoms with Crippen molar-refractivity contribution in [3.63, 3.8) is 0 Å². The van der Waals surface area contributed by atoms with Crippen molar-refractivity contribution in [2.75, 3.05) is 10.5 Å².